The first-order valence-electron chi connectivity index (χ1n) is 5.80. The lowest BCUT2D eigenvalue weighted by molar-refractivity contribution is -0.0983. The summed E-state index contributed by atoms with van der Waals surface area (Å²) in [6.45, 7) is 0.973. The van der Waals surface area contributed by atoms with E-state index in [2.05, 4.69) is 26.2 Å². The van der Waals surface area contributed by atoms with E-state index in [-0.39, 0.29) is 21.9 Å². The van der Waals surface area contributed by atoms with Crippen molar-refractivity contribution in [1.82, 2.24) is 10.3 Å². The number of hydrogen-bond acceptors (Lipinski definition) is 3. The first-order valence-corrected chi connectivity index (χ1v) is 6.60. The molecule has 1 spiro atoms. The Balaban J connectivity index is 1.69. The van der Waals surface area contributed by atoms with Crippen LogP contribution in [-0.2, 0) is 6.42 Å². The number of rotatable bonds is 2. The topological polar surface area (TPSA) is 45.1 Å². The van der Waals surface area contributed by atoms with Crippen LogP contribution in [0.25, 0.3) is 0 Å². The predicted octanol–water partition coefficient (Wildman–Crippen LogP) is 1.64. The average molecular weight is 301 g/mol. The molecule has 0 bridgehead atoms. The van der Waals surface area contributed by atoms with Crippen LogP contribution in [0.15, 0.2) is 16.9 Å². The van der Waals surface area contributed by atoms with Gasteiger partial charge in [-0.15, -0.1) is 0 Å². The first-order chi connectivity index (χ1) is 8.09. The van der Waals surface area contributed by atoms with Crippen LogP contribution in [0, 0.1) is 11.2 Å². The van der Waals surface area contributed by atoms with Crippen LogP contribution in [0.5, 0.6) is 0 Å². The van der Waals surface area contributed by atoms with E-state index < -0.39 is 0 Å². The highest BCUT2D eigenvalue weighted by molar-refractivity contribution is 9.10. The van der Waals surface area contributed by atoms with Crippen LogP contribution in [0.4, 0.5) is 4.39 Å². The van der Waals surface area contributed by atoms with Gasteiger partial charge in [0, 0.05) is 24.2 Å². The number of halogens is 2. The summed E-state index contributed by atoms with van der Waals surface area (Å²) in [4.78, 5) is 3.96. The molecule has 1 aliphatic heterocycles. The monoisotopic (exact) mass is 300 g/mol. The second-order valence-corrected chi connectivity index (χ2v) is 5.93. The molecule has 3 nitrogen and oxygen atoms in total. The Hall–Kier alpha value is -0.520. The van der Waals surface area contributed by atoms with Crippen molar-refractivity contribution in [2.24, 2.45) is 5.41 Å². The number of nitrogens with one attached hydrogen (secondary N) is 1. The number of aliphatic hydroxyl groups excluding tert-OH is 1. The van der Waals surface area contributed by atoms with Crippen molar-refractivity contribution in [3.63, 3.8) is 0 Å². The molecule has 1 aliphatic carbocycles. The number of aliphatic hydroxyl groups is 1. The summed E-state index contributed by atoms with van der Waals surface area (Å²) in [5.41, 5.74) is 1.16. The molecule has 0 amide bonds. The van der Waals surface area contributed by atoms with Gasteiger partial charge in [-0.05, 0) is 46.8 Å². The zero-order valence-corrected chi connectivity index (χ0v) is 10.9. The highest BCUT2D eigenvalue weighted by Gasteiger charge is 2.54. The largest absolute Gasteiger partial charge is 0.393 e. The lowest BCUT2D eigenvalue weighted by Gasteiger charge is -2.58. The van der Waals surface area contributed by atoms with E-state index in [4.69, 9.17) is 0 Å². The van der Waals surface area contributed by atoms with Gasteiger partial charge in [0.2, 0.25) is 0 Å². The zero-order chi connectivity index (χ0) is 12.0. The van der Waals surface area contributed by atoms with Crippen LogP contribution >= 0.6 is 15.9 Å². The van der Waals surface area contributed by atoms with E-state index in [1.165, 1.54) is 6.07 Å². The maximum Gasteiger partial charge on any atom is 0.156 e. The number of nitrogens with zero attached hydrogens (tertiary/aromatic N) is 1. The highest BCUT2D eigenvalue weighted by Crippen LogP contribution is 2.49. The zero-order valence-electron chi connectivity index (χ0n) is 9.29. The summed E-state index contributed by atoms with van der Waals surface area (Å²) in [5, 5.41) is 12.8. The van der Waals surface area contributed by atoms with Crippen LogP contribution in [-0.4, -0.2) is 28.8 Å². The summed E-state index contributed by atoms with van der Waals surface area (Å²) in [7, 11) is 0. The van der Waals surface area contributed by atoms with Crippen molar-refractivity contribution < 1.29 is 9.50 Å². The number of hydrogen-bond donors (Lipinski definition) is 2. The third kappa shape index (κ3) is 1.90. The van der Waals surface area contributed by atoms with Gasteiger partial charge in [-0.1, -0.05) is 0 Å². The Morgan fingerprint density at radius 2 is 2.35 bits per heavy atom. The summed E-state index contributed by atoms with van der Waals surface area (Å²) in [6, 6.07) is 1.88. The van der Waals surface area contributed by atoms with Crippen LogP contribution in [0.1, 0.15) is 18.4 Å². The van der Waals surface area contributed by atoms with E-state index >= 15 is 0 Å². The van der Waals surface area contributed by atoms with E-state index in [0.717, 1.165) is 31.4 Å². The van der Waals surface area contributed by atoms with Crippen molar-refractivity contribution in [1.29, 1.82) is 0 Å². The lowest BCUT2D eigenvalue weighted by Crippen LogP contribution is -2.69. The van der Waals surface area contributed by atoms with Crippen molar-refractivity contribution in [3.05, 3.63) is 28.2 Å². The van der Waals surface area contributed by atoms with Gasteiger partial charge in [0.05, 0.1) is 6.10 Å². The summed E-state index contributed by atoms with van der Waals surface area (Å²) < 4.78 is 13.6. The third-order valence-electron chi connectivity index (χ3n) is 4.02. The van der Waals surface area contributed by atoms with Gasteiger partial charge >= 0.3 is 0 Å². The molecule has 1 unspecified atom stereocenters. The summed E-state index contributed by atoms with van der Waals surface area (Å²) in [5.74, 6) is -0.315. The smallest absolute Gasteiger partial charge is 0.156 e. The van der Waals surface area contributed by atoms with Gasteiger partial charge in [-0.25, -0.2) is 9.37 Å². The molecule has 2 fully saturated rings. The van der Waals surface area contributed by atoms with E-state index in [1.54, 1.807) is 6.20 Å². The molecule has 1 saturated heterocycles. The van der Waals surface area contributed by atoms with Crippen LogP contribution < -0.4 is 5.32 Å². The van der Waals surface area contributed by atoms with Gasteiger partial charge in [0.1, 0.15) is 4.60 Å². The standard InChI is InChI=1S/C12H14BrFN2O/c13-11-9(14)1-7(5-15-11)2-10-12(6-16-10)3-8(17)4-12/h1,5,8,10,16-17H,2-4,6H2. The molecule has 0 radical (unpaired) electrons. The van der Waals surface area contributed by atoms with Crippen molar-refractivity contribution in [2.75, 3.05) is 6.54 Å². The van der Waals surface area contributed by atoms with Crippen molar-refractivity contribution >= 4 is 15.9 Å². The predicted molar refractivity (Wildman–Crippen MR) is 65.1 cm³/mol. The maximum atomic E-state index is 13.3. The molecule has 17 heavy (non-hydrogen) atoms. The Labute approximate surface area is 108 Å². The summed E-state index contributed by atoms with van der Waals surface area (Å²) in [6.07, 6.45) is 4.09. The molecule has 2 N–H and O–H groups in total. The first kappa shape index (κ1) is 11.6. The molecule has 5 heteroatoms. The Morgan fingerprint density at radius 3 is 2.88 bits per heavy atom. The fraction of sp³-hybridized carbons (Fsp3) is 0.583. The van der Waals surface area contributed by atoms with Crippen molar-refractivity contribution in [2.45, 2.75) is 31.4 Å². The summed E-state index contributed by atoms with van der Waals surface area (Å²) >= 11 is 3.05. The second kappa shape index (κ2) is 4.00. The van der Waals surface area contributed by atoms with E-state index in [0.29, 0.717) is 6.04 Å². The van der Waals surface area contributed by atoms with Gasteiger partial charge in [0.15, 0.2) is 5.82 Å². The highest BCUT2D eigenvalue weighted by atomic mass is 79.9. The van der Waals surface area contributed by atoms with Gasteiger partial charge in [0.25, 0.3) is 0 Å². The van der Waals surface area contributed by atoms with E-state index in [1.807, 2.05) is 0 Å². The molecule has 0 aromatic carbocycles. The third-order valence-corrected chi connectivity index (χ3v) is 4.60. The fourth-order valence-electron chi connectivity index (χ4n) is 2.94. The minimum atomic E-state index is -0.315. The SMILES string of the molecule is OC1CC2(CNC2Cc2cnc(Br)c(F)c2)C1. The van der Waals surface area contributed by atoms with Gasteiger partial charge in [-0.3, -0.25) is 0 Å². The Kier molecular flexibility index (Phi) is 2.72. The number of aromatic nitrogens is 1. The Bertz CT molecular complexity index is 448. The molecule has 2 heterocycles. The van der Waals surface area contributed by atoms with E-state index in [9.17, 15) is 9.50 Å². The molecule has 1 aromatic rings. The molecule has 3 rings (SSSR count). The molecule has 2 aliphatic rings. The second-order valence-electron chi connectivity index (χ2n) is 5.18. The molecule has 1 aromatic heterocycles. The Morgan fingerprint density at radius 1 is 1.59 bits per heavy atom. The lowest BCUT2D eigenvalue weighted by atomic mass is 9.57. The fourth-order valence-corrected chi connectivity index (χ4v) is 3.16. The number of pyridine rings is 1. The quantitative estimate of drug-likeness (QED) is 0.816. The maximum absolute atomic E-state index is 13.3. The molecule has 92 valence electrons. The van der Waals surface area contributed by atoms with Gasteiger partial charge in [-0.2, -0.15) is 0 Å². The molecular formula is C12H14BrFN2O. The minimum Gasteiger partial charge on any atom is -0.393 e. The minimum absolute atomic E-state index is 0.139. The normalized spacial score (nSPS) is 35.5. The van der Waals surface area contributed by atoms with Crippen LogP contribution in [0.3, 0.4) is 0 Å². The average Bonchev–Trinajstić information content (AvgIpc) is 2.24. The van der Waals surface area contributed by atoms with Gasteiger partial charge < -0.3 is 10.4 Å². The van der Waals surface area contributed by atoms with Crippen molar-refractivity contribution in [3.8, 4) is 0 Å². The molecule has 1 atom stereocenters. The molecule has 1 saturated carbocycles. The molecular weight excluding hydrogens is 287 g/mol. The van der Waals surface area contributed by atoms with Crippen LogP contribution in [0.2, 0.25) is 0 Å².